The monoisotopic (exact) mass is 404 g/mol. The maximum atomic E-state index is 12.8. The molecule has 0 atom stereocenters. The SMILES string of the molecule is COc1cc(OC)cc(C(=O)Nc2ccccc2C(=O)NCc2ccc(C)cc2)c1. The second-order valence-corrected chi connectivity index (χ2v) is 6.77. The van der Waals surface area contributed by atoms with E-state index in [-0.39, 0.29) is 11.8 Å². The van der Waals surface area contributed by atoms with Gasteiger partial charge in [0, 0.05) is 18.2 Å². The van der Waals surface area contributed by atoms with Crippen molar-refractivity contribution in [1.29, 1.82) is 0 Å². The molecule has 0 saturated carbocycles. The lowest BCUT2D eigenvalue weighted by Crippen LogP contribution is -2.25. The Bertz CT molecular complexity index is 1020. The Morgan fingerprint density at radius 3 is 2.10 bits per heavy atom. The molecule has 0 aliphatic carbocycles. The summed E-state index contributed by atoms with van der Waals surface area (Å²) in [5, 5.41) is 5.70. The van der Waals surface area contributed by atoms with Crippen molar-refractivity contribution in [2.75, 3.05) is 19.5 Å². The lowest BCUT2D eigenvalue weighted by atomic mass is 10.1. The van der Waals surface area contributed by atoms with Crippen LogP contribution in [-0.4, -0.2) is 26.0 Å². The smallest absolute Gasteiger partial charge is 0.255 e. The molecule has 30 heavy (non-hydrogen) atoms. The van der Waals surface area contributed by atoms with Crippen LogP contribution < -0.4 is 20.1 Å². The number of hydrogen-bond acceptors (Lipinski definition) is 4. The number of aryl methyl sites for hydroxylation is 1. The van der Waals surface area contributed by atoms with Crippen molar-refractivity contribution in [3.8, 4) is 11.5 Å². The minimum absolute atomic E-state index is 0.269. The van der Waals surface area contributed by atoms with Gasteiger partial charge < -0.3 is 20.1 Å². The standard InChI is InChI=1S/C24H24N2O4/c1-16-8-10-17(11-9-16)15-25-24(28)21-6-4-5-7-22(21)26-23(27)18-12-19(29-2)14-20(13-18)30-3/h4-14H,15H2,1-3H3,(H,25,28)(H,26,27). The molecule has 3 aromatic rings. The van der Waals surface area contributed by atoms with Crippen LogP contribution in [0.4, 0.5) is 5.69 Å². The first-order valence-corrected chi connectivity index (χ1v) is 9.47. The number of benzene rings is 3. The number of ether oxygens (including phenoxy) is 2. The first kappa shape index (κ1) is 20.9. The fourth-order valence-electron chi connectivity index (χ4n) is 2.91. The van der Waals surface area contributed by atoms with Crippen molar-refractivity contribution in [3.05, 3.63) is 89.0 Å². The topological polar surface area (TPSA) is 76.7 Å². The second-order valence-electron chi connectivity index (χ2n) is 6.77. The first-order valence-electron chi connectivity index (χ1n) is 9.47. The number of rotatable bonds is 7. The third-order valence-corrected chi connectivity index (χ3v) is 4.61. The van der Waals surface area contributed by atoms with Gasteiger partial charge in [0.15, 0.2) is 0 Å². The molecule has 0 spiro atoms. The number of anilines is 1. The predicted molar refractivity (Wildman–Crippen MR) is 116 cm³/mol. The summed E-state index contributed by atoms with van der Waals surface area (Å²) >= 11 is 0. The van der Waals surface area contributed by atoms with Gasteiger partial charge in [0.05, 0.1) is 25.5 Å². The van der Waals surface area contributed by atoms with Gasteiger partial charge in [-0.2, -0.15) is 0 Å². The number of para-hydroxylation sites is 1. The van der Waals surface area contributed by atoms with Crippen LogP contribution in [-0.2, 0) is 6.54 Å². The molecule has 0 bridgehead atoms. The molecule has 0 heterocycles. The van der Waals surface area contributed by atoms with Crippen molar-refractivity contribution >= 4 is 17.5 Å². The van der Waals surface area contributed by atoms with E-state index < -0.39 is 0 Å². The Morgan fingerprint density at radius 1 is 0.833 bits per heavy atom. The van der Waals surface area contributed by atoms with Gasteiger partial charge in [-0.05, 0) is 36.8 Å². The highest BCUT2D eigenvalue weighted by Gasteiger charge is 2.15. The lowest BCUT2D eigenvalue weighted by Gasteiger charge is -2.13. The predicted octanol–water partition coefficient (Wildman–Crippen LogP) is 4.19. The van der Waals surface area contributed by atoms with Crippen LogP contribution in [0, 0.1) is 6.92 Å². The number of nitrogens with one attached hydrogen (secondary N) is 2. The third kappa shape index (κ3) is 5.17. The van der Waals surface area contributed by atoms with E-state index in [1.54, 1.807) is 42.5 Å². The number of carbonyl (C=O) groups is 2. The Morgan fingerprint density at radius 2 is 1.47 bits per heavy atom. The van der Waals surface area contributed by atoms with Crippen LogP contribution in [0.25, 0.3) is 0 Å². The maximum absolute atomic E-state index is 12.8. The van der Waals surface area contributed by atoms with Gasteiger partial charge in [-0.3, -0.25) is 9.59 Å². The van der Waals surface area contributed by atoms with Crippen molar-refractivity contribution in [1.82, 2.24) is 5.32 Å². The van der Waals surface area contributed by atoms with E-state index in [0.29, 0.717) is 34.9 Å². The summed E-state index contributed by atoms with van der Waals surface area (Å²) < 4.78 is 10.4. The van der Waals surface area contributed by atoms with E-state index in [1.165, 1.54) is 14.2 Å². The van der Waals surface area contributed by atoms with Gasteiger partial charge in [-0.25, -0.2) is 0 Å². The van der Waals surface area contributed by atoms with Crippen LogP contribution >= 0.6 is 0 Å². The molecule has 0 unspecified atom stereocenters. The molecular formula is C24H24N2O4. The summed E-state index contributed by atoms with van der Waals surface area (Å²) in [7, 11) is 3.04. The number of hydrogen-bond donors (Lipinski definition) is 2. The van der Waals surface area contributed by atoms with E-state index in [4.69, 9.17) is 9.47 Å². The first-order chi connectivity index (χ1) is 14.5. The lowest BCUT2D eigenvalue weighted by molar-refractivity contribution is 0.0952. The van der Waals surface area contributed by atoms with Crippen LogP contribution in [0.15, 0.2) is 66.7 Å². The summed E-state index contributed by atoms with van der Waals surface area (Å²) in [5.41, 5.74) is 3.32. The van der Waals surface area contributed by atoms with Crippen molar-refractivity contribution in [3.63, 3.8) is 0 Å². The number of carbonyl (C=O) groups excluding carboxylic acids is 2. The fourth-order valence-corrected chi connectivity index (χ4v) is 2.91. The molecule has 0 fully saturated rings. The van der Waals surface area contributed by atoms with Gasteiger partial charge in [0.1, 0.15) is 11.5 Å². The van der Waals surface area contributed by atoms with Crippen LogP contribution in [0.2, 0.25) is 0 Å². The number of amides is 2. The zero-order valence-electron chi connectivity index (χ0n) is 17.2. The summed E-state index contributed by atoms with van der Waals surface area (Å²) in [5.74, 6) is 0.368. The quantitative estimate of drug-likeness (QED) is 0.619. The minimum Gasteiger partial charge on any atom is -0.497 e. The van der Waals surface area contributed by atoms with Crippen LogP contribution in [0.3, 0.4) is 0 Å². The van der Waals surface area contributed by atoms with Crippen molar-refractivity contribution in [2.24, 2.45) is 0 Å². The molecule has 3 rings (SSSR count). The molecule has 0 aliphatic rings. The van der Waals surface area contributed by atoms with E-state index >= 15 is 0 Å². The Hall–Kier alpha value is -3.80. The van der Waals surface area contributed by atoms with Gasteiger partial charge in [0.2, 0.25) is 0 Å². The highest BCUT2D eigenvalue weighted by Crippen LogP contribution is 2.24. The second kappa shape index (κ2) is 9.60. The Kier molecular flexibility index (Phi) is 6.70. The average molecular weight is 404 g/mol. The molecule has 0 saturated heterocycles. The van der Waals surface area contributed by atoms with E-state index in [0.717, 1.165) is 11.1 Å². The molecule has 0 aromatic heterocycles. The molecule has 6 heteroatoms. The zero-order valence-corrected chi connectivity index (χ0v) is 17.2. The molecule has 0 aliphatic heterocycles. The summed E-state index contributed by atoms with van der Waals surface area (Å²) in [4.78, 5) is 25.5. The van der Waals surface area contributed by atoms with Gasteiger partial charge in [-0.15, -0.1) is 0 Å². The average Bonchev–Trinajstić information content (AvgIpc) is 2.78. The minimum atomic E-state index is -0.369. The Balaban J connectivity index is 1.75. The number of methoxy groups -OCH3 is 2. The normalized spacial score (nSPS) is 10.2. The van der Waals surface area contributed by atoms with Gasteiger partial charge >= 0.3 is 0 Å². The largest absolute Gasteiger partial charge is 0.497 e. The van der Waals surface area contributed by atoms with E-state index in [2.05, 4.69) is 10.6 Å². The maximum Gasteiger partial charge on any atom is 0.255 e. The summed E-state index contributed by atoms with van der Waals surface area (Å²) in [6.45, 7) is 2.41. The van der Waals surface area contributed by atoms with Crippen molar-refractivity contribution in [2.45, 2.75) is 13.5 Å². The van der Waals surface area contributed by atoms with Gasteiger partial charge in [0.25, 0.3) is 11.8 Å². The van der Waals surface area contributed by atoms with Crippen LogP contribution in [0.5, 0.6) is 11.5 Å². The molecule has 0 radical (unpaired) electrons. The summed E-state index contributed by atoms with van der Waals surface area (Å²) in [6, 6.07) is 19.7. The fraction of sp³-hybridized carbons (Fsp3) is 0.167. The molecule has 3 aromatic carbocycles. The highest BCUT2D eigenvalue weighted by atomic mass is 16.5. The van der Waals surface area contributed by atoms with Crippen LogP contribution in [0.1, 0.15) is 31.8 Å². The van der Waals surface area contributed by atoms with Crippen molar-refractivity contribution < 1.29 is 19.1 Å². The third-order valence-electron chi connectivity index (χ3n) is 4.61. The molecular weight excluding hydrogens is 380 g/mol. The van der Waals surface area contributed by atoms with E-state index in [9.17, 15) is 9.59 Å². The highest BCUT2D eigenvalue weighted by molar-refractivity contribution is 6.09. The van der Waals surface area contributed by atoms with Gasteiger partial charge in [-0.1, -0.05) is 42.0 Å². The summed E-state index contributed by atoms with van der Waals surface area (Å²) in [6.07, 6.45) is 0. The molecule has 2 amide bonds. The molecule has 2 N–H and O–H groups in total. The zero-order chi connectivity index (χ0) is 21.5. The molecule has 6 nitrogen and oxygen atoms in total. The molecule has 154 valence electrons. The van der Waals surface area contributed by atoms with E-state index in [1.807, 2.05) is 31.2 Å². The Labute approximate surface area is 175 Å².